The van der Waals surface area contributed by atoms with Crippen LogP contribution in [0, 0.1) is 5.82 Å². The summed E-state index contributed by atoms with van der Waals surface area (Å²) in [7, 11) is 0. The molecule has 0 saturated heterocycles. The number of rotatable bonds is 4. The van der Waals surface area contributed by atoms with E-state index in [1.54, 1.807) is 16.8 Å². The molecule has 2 aromatic carbocycles. The molecule has 21 heavy (non-hydrogen) atoms. The van der Waals surface area contributed by atoms with Crippen LogP contribution in [0.1, 0.15) is 5.56 Å². The molecule has 0 aliphatic carbocycles. The number of fused-ring (bicyclic) bond motifs is 1. The fourth-order valence-corrected chi connectivity index (χ4v) is 2.03. The zero-order valence-electron chi connectivity index (χ0n) is 11.2. The highest BCUT2D eigenvalue weighted by molar-refractivity contribution is 5.79. The fourth-order valence-electron chi connectivity index (χ4n) is 2.03. The molecule has 1 aromatic heterocycles. The quantitative estimate of drug-likeness (QED) is 0.796. The highest BCUT2D eigenvalue weighted by Gasteiger charge is 2.08. The summed E-state index contributed by atoms with van der Waals surface area (Å²) in [5.74, 6) is -0.464. The van der Waals surface area contributed by atoms with Crippen LogP contribution in [0.25, 0.3) is 11.0 Å². The molecular weight excluding hydrogens is 271 g/mol. The summed E-state index contributed by atoms with van der Waals surface area (Å²) in [5, 5.41) is 10.7. The van der Waals surface area contributed by atoms with Crippen molar-refractivity contribution in [2.24, 2.45) is 0 Å². The summed E-state index contributed by atoms with van der Waals surface area (Å²) in [5.41, 5.74) is 2.41. The smallest absolute Gasteiger partial charge is 0.242 e. The first kappa shape index (κ1) is 13.2. The minimum atomic E-state index is -0.292. The minimum absolute atomic E-state index is 0.0989. The first-order valence-electron chi connectivity index (χ1n) is 6.52. The van der Waals surface area contributed by atoms with Crippen molar-refractivity contribution in [3.8, 4) is 0 Å². The van der Waals surface area contributed by atoms with Crippen molar-refractivity contribution < 1.29 is 9.18 Å². The van der Waals surface area contributed by atoms with Gasteiger partial charge in [0.1, 0.15) is 17.9 Å². The van der Waals surface area contributed by atoms with Crippen LogP contribution in [-0.4, -0.2) is 20.9 Å². The van der Waals surface area contributed by atoms with Crippen molar-refractivity contribution in [1.29, 1.82) is 0 Å². The molecule has 0 atom stereocenters. The third-order valence-electron chi connectivity index (χ3n) is 3.12. The first-order valence-corrected chi connectivity index (χ1v) is 6.52. The average Bonchev–Trinajstić information content (AvgIpc) is 2.90. The van der Waals surface area contributed by atoms with Crippen LogP contribution in [0.2, 0.25) is 0 Å². The van der Waals surface area contributed by atoms with Gasteiger partial charge in [0.25, 0.3) is 0 Å². The van der Waals surface area contributed by atoms with Crippen molar-refractivity contribution in [3.63, 3.8) is 0 Å². The van der Waals surface area contributed by atoms with Gasteiger partial charge < -0.3 is 5.32 Å². The monoisotopic (exact) mass is 284 g/mol. The Hall–Kier alpha value is -2.76. The molecule has 1 heterocycles. The number of hydrogen-bond acceptors (Lipinski definition) is 3. The molecule has 6 heteroatoms. The summed E-state index contributed by atoms with van der Waals surface area (Å²) < 4.78 is 14.3. The number of carbonyl (C=O) groups excluding carboxylic acids is 1. The Bertz CT molecular complexity index is 767. The number of hydrogen-bond donors (Lipinski definition) is 1. The summed E-state index contributed by atoms with van der Waals surface area (Å²) >= 11 is 0. The van der Waals surface area contributed by atoms with Gasteiger partial charge in [0.05, 0.1) is 5.52 Å². The van der Waals surface area contributed by atoms with Crippen LogP contribution < -0.4 is 5.32 Å². The number of halogens is 1. The molecule has 0 aliphatic rings. The first-order chi connectivity index (χ1) is 10.2. The SMILES string of the molecule is O=C(Cn1nnc2ccccc21)NCc1ccc(F)cc1. The molecule has 0 saturated carbocycles. The Morgan fingerprint density at radius 3 is 2.71 bits per heavy atom. The number of nitrogens with zero attached hydrogens (tertiary/aromatic N) is 3. The lowest BCUT2D eigenvalue weighted by Crippen LogP contribution is -2.27. The maximum Gasteiger partial charge on any atom is 0.242 e. The second kappa shape index (κ2) is 5.70. The van der Waals surface area contributed by atoms with Crippen molar-refractivity contribution >= 4 is 16.9 Å². The van der Waals surface area contributed by atoms with Gasteiger partial charge in [0, 0.05) is 6.54 Å². The van der Waals surface area contributed by atoms with Crippen LogP contribution >= 0.6 is 0 Å². The maximum atomic E-state index is 12.8. The Morgan fingerprint density at radius 2 is 1.90 bits per heavy atom. The Morgan fingerprint density at radius 1 is 1.14 bits per heavy atom. The van der Waals surface area contributed by atoms with Crippen LogP contribution in [0.4, 0.5) is 4.39 Å². The number of benzene rings is 2. The summed E-state index contributed by atoms with van der Waals surface area (Å²) in [6.45, 7) is 0.452. The predicted octanol–water partition coefficient (Wildman–Crippen LogP) is 1.89. The summed E-state index contributed by atoms with van der Waals surface area (Å²) in [4.78, 5) is 11.9. The Labute approximate surface area is 120 Å². The van der Waals surface area contributed by atoms with Gasteiger partial charge in [-0.25, -0.2) is 9.07 Å². The fraction of sp³-hybridized carbons (Fsp3) is 0.133. The molecular formula is C15H13FN4O. The van der Waals surface area contributed by atoms with E-state index in [1.165, 1.54) is 12.1 Å². The van der Waals surface area contributed by atoms with Gasteiger partial charge >= 0.3 is 0 Å². The molecule has 106 valence electrons. The summed E-state index contributed by atoms with van der Waals surface area (Å²) in [6, 6.07) is 13.5. The second-order valence-electron chi connectivity index (χ2n) is 4.64. The zero-order chi connectivity index (χ0) is 14.7. The lowest BCUT2D eigenvalue weighted by Gasteiger charge is -2.06. The average molecular weight is 284 g/mol. The minimum Gasteiger partial charge on any atom is -0.350 e. The van der Waals surface area contributed by atoms with Gasteiger partial charge in [-0.15, -0.1) is 5.10 Å². The molecule has 1 N–H and O–H groups in total. The van der Waals surface area contributed by atoms with E-state index in [0.29, 0.717) is 6.54 Å². The van der Waals surface area contributed by atoms with Gasteiger partial charge in [-0.3, -0.25) is 4.79 Å². The van der Waals surface area contributed by atoms with E-state index in [0.717, 1.165) is 16.6 Å². The number of carbonyl (C=O) groups is 1. The van der Waals surface area contributed by atoms with Crippen LogP contribution in [0.5, 0.6) is 0 Å². The van der Waals surface area contributed by atoms with Crippen LogP contribution in [0.3, 0.4) is 0 Å². The van der Waals surface area contributed by atoms with Crippen molar-refractivity contribution in [1.82, 2.24) is 20.3 Å². The maximum absolute atomic E-state index is 12.8. The molecule has 0 unspecified atom stereocenters. The van der Waals surface area contributed by atoms with Gasteiger partial charge in [-0.05, 0) is 29.8 Å². The normalized spacial score (nSPS) is 10.7. The van der Waals surface area contributed by atoms with Gasteiger partial charge in [0.15, 0.2) is 0 Å². The molecule has 1 amide bonds. The molecule has 5 nitrogen and oxygen atoms in total. The van der Waals surface area contributed by atoms with Crippen molar-refractivity contribution in [2.75, 3.05) is 0 Å². The second-order valence-corrected chi connectivity index (χ2v) is 4.64. The third kappa shape index (κ3) is 3.05. The molecule has 3 aromatic rings. The lowest BCUT2D eigenvalue weighted by molar-refractivity contribution is -0.121. The largest absolute Gasteiger partial charge is 0.350 e. The van der Waals surface area contributed by atoms with Crippen LogP contribution in [-0.2, 0) is 17.9 Å². The zero-order valence-corrected chi connectivity index (χ0v) is 11.2. The van der Waals surface area contributed by atoms with E-state index < -0.39 is 0 Å². The Kier molecular flexibility index (Phi) is 3.59. The van der Waals surface area contributed by atoms with E-state index in [2.05, 4.69) is 15.6 Å². The molecule has 3 rings (SSSR count). The Balaban J connectivity index is 1.62. The van der Waals surface area contributed by atoms with E-state index in [1.807, 2.05) is 24.3 Å². The third-order valence-corrected chi connectivity index (χ3v) is 3.12. The molecule has 0 fully saturated rings. The van der Waals surface area contributed by atoms with Crippen molar-refractivity contribution in [2.45, 2.75) is 13.1 Å². The number of para-hydroxylation sites is 1. The topological polar surface area (TPSA) is 59.8 Å². The number of aromatic nitrogens is 3. The highest BCUT2D eigenvalue weighted by Crippen LogP contribution is 2.09. The van der Waals surface area contributed by atoms with E-state index >= 15 is 0 Å². The predicted molar refractivity (Wildman–Crippen MR) is 75.8 cm³/mol. The number of amides is 1. The molecule has 0 spiro atoms. The van der Waals surface area contributed by atoms with E-state index in [9.17, 15) is 9.18 Å². The standard InChI is InChI=1S/C15H13FN4O/c16-12-7-5-11(6-8-12)9-17-15(21)10-20-14-4-2-1-3-13(14)18-19-20/h1-8H,9-10H2,(H,17,21). The van der Waals surface area contributed by atoms with Crippen molar-refractivity contribution in [3.05, 3.63) is 59.9 Å². The van der Waals surface area contributed by atoms with E-state index in [-0.39, 0.29) is 18.3 Å². The summed E-state index contributed by atoms with van der Waals surface area (Å²) in [6.07, 6.45) is 0. The van der Waals surface area contributed by atoms with E-state index in [4.69, 9.17) is 0 Å². The van der Waals surface area contributed by atoms with Crippen LogP contribution in [0.15, 0.2) is 48.5 Å². The number of nitrogens with one attached hydrogen (secondary N) is 1. The lowest BCUT2D eigenvalue weighted by atomic mass is 10.2. The highest BCUT2D eigenvalue weighted by atomic mass is 19.1. The molecule has 0 aliphatic heterocycles. The molecule has 0 bridgehead atoms. The van der Waals surface area contributed by atoms with Gasteiger partial charge in [0.2, 0.25) is 5.91 Å². The van der Waals surface area contributed by atoms with Gasteiger partial charge in [-0.2, -0.15) is 0 Å². The van der Waals surface area contributed by atoms with Gasteiger partial charge in [-0.1, -0.05) is 29.5 Å². The molecule has 0 radical (unpaired) electrons.